The molecule has 0 saturated carbocycles. The topological polar surface area (TPSA) is 126 Å². The molecule has 3 atom stereocenters. The second-order valence-corrected chi connectivity index (χ2v) is 13.4. The number of hydrogen-bond donors (Lipinski definition) is 2. The lowest BCUT2D eigenvalue weighted by Gasteiger charge is -2.40. The normalized spacial score (nSPS) is 19.3. The standard InChI is InChI=1S/C42H41N7O4/c50-28-29-9-11-32(12-10-29)39-24-35(27-48-19-21-49(22-20-48)42-43-17-4-18-44-42)52-41(53-39)33-15-13-31(14-16-33)34-6-3-5-30(23-34)25-46-40(51)38-26-45-36-7-1-2-8-37(36)47-38/h1-18,23,26,35,39,41,50H,19-22,24-25,27-28H2,(H,46,51)/t35-,39+,41+/m0/s1. The second-order valence-electron chi connectivity index (χ2n) is 13.4. The minimum Gasteiger partial charge on any atom is -0.392 e. The van der Waals surface area contributed by atoms with E-state index in [2.05, 4.69) is 71.5 Å². The maximum Gasteiger partial charge on any atom is 0.271 e. The number of amides is 1. The molecule has 2 aliphatic heterocycles. The third-order valence-electron chi connectivity index (χ3n) is 9.86. The van der Waals surface area contributed by atoms with Gasteiger partial charge >= 0.3 is 0 Å². The van der Waals surface area contributed by atoms with Crippen LogP contribution in [0.5, 0.6) is 0 Å². The van der Waals surface area contributed by atoms with Crippen LogP contribution in [0, 0.1) is 0 Å². The Morgan fingerprint density at radius 2 is 1.51 bits per heavy atom. The van der Waals surface area contributed by atoms with Crippen LogP contribution < -0.4 is 10.2 Å². The summed E-state index contributed by atoms with van der Waals surface area (Å²) in [6, 6.07) is 33.8. The zero-order valence-electron chi connectivity index (χ0n) is 29.3. The van der Waals surface area contributed by atoms with Gasteiger partial charge in [0, 0.05) is 63.6 Å². The van der Waals surface area contributed by atoms with Gasteiger partial charge in [-0.3, -0.25) is 14.7 Å². The van der Waals surface area contributed by atoms with Crippen LogP contribution in [0.1, 0.15) is 51.6 Å². The average molecular weight is 708 g/mol. The van der Waals surface area contributed by atoms with Crippen molar-refractivity contribution in [3.8, 4) is 11.1 Å². The smallest absolute Gasteiger partial charge is 0.271 e. The van der Waals surface area contributed by atoms with E-state index in [1.54, 1.807) is 12.4 Å². The van der Waals surface area contributed by atoms with Gasteiger partial charge in [0.2, 0.25) is 5.95 Å². The van der Waals surface area contributed by atoms with Crippen molar-refractivity contribution in [2.45, 2.75) is 38.1 Å². The summed E-state index contributed by atoms with van der Waals surface area (Å²) in [4.78, 5) is 35.2. The Kier molecular flexibility index (Phi) is 10.4. The van der Waals surface area contributed by atoms with E-state index < -0.39 is 6.29 Å². The molecule has 268 valence electrons. The number of nitrogens with zero attached hydrogens (tertiary/aromatic N) is 6. The molecule has 0 bridgehead atoms. The molecular weight excluding hydrogens is 667 g/mol. The van der Waals surface area contributed by atoms with Gasteiger partial charge in [0.1, 0.15) is 5.69 Å². The lowest BCUT2D eigenvalue weighted by molar-refractivity contribution is -0.253. The first-order valence-corrected chi connectivity index (χ1v) is 18.0. The van der Waals surface area contributed by atoms with E-state index in [-0.39, 0.29) is 30.4 Å². The van der Waals surface area contributed by atoms with Crippen LogP contribution in [0.25, 0.3) is 22.2 Å². The Morgan fingerprint density at radius 3 is 2.28 bits per heavy atom. The number of carbonyl (C=O) groups is 1. The minimum atomic E-state index is -0.538. The molecule has 0 spiro atoms. The maximum atomic E-state index is 12.9. The number of fused-ring (bicyclic) bond motifs is 1. The molecule has 2 aliphatic rings. The van der Waals surface area contributed by atoms with Crippen molar-refractivity contribution < 1.29 is 19.4 Å². The molecule has 6 aromatic rings. The van der Waals surface area contributed by atoms with E-state index >= 15 is 0 Å². The second kappa shape index (κ2) is 16.0. The molecule has 2 saturated heterocycles. The molecule has 53 heavy (non-hydrogen) atoms. The Hall–Kier alpha value is -5.59. The van der Waals surface area contributed by atoms with Crippen molar-refractivity contribution in [2.75, 3.05) is 37.6 Å². The first kappa shape index (κ1) is 34.5. The minimum absolute atomic E-state index is 0.00454. The fraction of sp³-hybridized carbons (Fsp3) is 0.262. The highest BCUT2D eigenvalue weighted by atomic mass is 16.7. The number of aliphatic hydroxyl groups excluding tert-OH is 1. The zero-order valence-corrected chi connectivity index (χ0v) is 29.3. The summed E-state index contributed by atoms with van der Waals surface area (Å²) in [5, 5.41) is 12.6. The van der Waals surface area contributed by atoms with Crippen LogP contribution in [-0.4, -0.2) is 74.7 Å². The number of carbonyl (C=O) groups excluding carboxylic acids is 1. The van der Waals surface area contributed by atoms with Crippen molar-refractivity contribution in [1.82, 2.24) is 30.2 Å². The van der Waals surface area contributed by atoms with Gasteiger partial charge in [0.15, 0.2) is 6.29 Å². The number of aliphatic hydroxyl groups is 1. The van der Waals surface area contributed by atoms with Crippen LogP contribution >= 0.6 is 0 Å². The SMILES string of the molecule is O=C(NCc1cccc(-c2ccc([C@@H]3O[C@H](CN4CCN(c5ncccn5)CC4)C[C@H](c4ccc(CO)cc4)O3)cc2)c1)c1cnc2ccccc2n1. The molecule has 11 heteroatoms. The van der Waals surface area contributed by atoms with Gasteiger partial charge in [-0.25, -0.2) is 15.0 Å². The van der Waals surface area contributed by atoms with Gasteiger partial charge in [-0.15, -0.1) is 0 Å². The summed E-state index contributed by atoms with van der Waals surface area (Å²) < 4.78 is 13.3. The summed E-state index contributed by atoms with van der Waals surface area (Å²) in [7, 11) is 0. The Bertz CT molecular complexity index is 2140. The first-order valence-electron chi connectivity index (χ1n) is 18.0. The highest BCUT2D eigenvalue weighted by molar-refractivity contribution is 5.93. The lowest BCUT2D eigenvalue weighted by atomic mass is 9.98. The lowest BCUT2D eigenvalue weighted by Crippen LogP contribution is -2.50. The summed E-state index contributed by atoms with van der Waals surface area (Å²) in [5.74, 6) is 0.505. The predicted octanol–water partition coefficient (Wildman–Crippen LogP) is 5.88. The molecule has 2 N–H and O–H groups in total. The first-order chi connectivity index (χ1) is 26.1. The van der Waals surface area contributed by atoms with Gasteiger partial charge in [-0.05, 0) is 52.1 Å². The molecule has 0 radical (unpaired) electrons. The van der Waals surface area contributed by atoms with E-state index in [4.69, 9.17) is 9.47 Å². The van der Waals surface area contributed by atoms with E-state index in [9.17, 15) is 9.90 Å². The van der Waals surface area contributed by atoms with E-state index in [1.165, 1.54) is 6.20 Å². The third-order valence-corrected chi connectivity index (χ3v) is 9.86. The monoisotopic (exact) mass is 707 g/mol. The Morgan fingerprint density at radius 1 is 0.755 bits per heavy atom. The quantitative estimate of drug-likeness (QED) is 0.178. The van der Waals surface area contributed by atoms with Gasteiger partial charge in [-0.1, -0.05) is 78.9 Å². The van der Waals surface area contributed by atoms with Crippen LogP contribution in [-0.2, 0) is 22.6 Å². The highest BCUT2D eigenvalue weighted by Crippen LogP contribution is 2.39. The number of ether oxygens (including phenoxy) is 2. The van der Waals surface area contributed by atoms with Crippen LogP contribution in [0.4, 0.5) is 5.95 Å². The van der Waals surface area contributed by atoms with Gasteiger partial charge in [0.05, 0.1) is 36.0 Å². The number of hydrogen-bond acceptors (Lipinski definition) is 10. The number of para-hydroxylation sites is 2. The largest absolute Gasteiger partial charge is 0.392 e. The van der Waals surface area contributed by atoms with Crippen LogP contribution in [0.15, 0.2) is 122 Å². The van der Waals surface area contributed by atoms with Crippen molar-refractivity contribution in [3.05, 3.63) is 150 Å². The summed E-state index contributed by atoms with van der Waals surface area (Å²) in [6.45, 7) is 4.67. The number of piperazine rings is 1. The molecule has 2 aromatic heterocycles. The number of anilines is 1. The number of nitrogens with one attached hydrogen (secondary N) is 1. The zero-order chi connectivity index (χ0) is 36.0. The summed E-state index contributed by atoms with van der Waals surface area (Å²) >= 11 is 0. The van der Waals surface area contributed by atoms with Crippen LogP contribution in [0.2, 0.25) is 0 Å². The van der Waals surface area contributed by atoms with E-state index in [1.807, 2.05) is 66.7 Å². The molecule has 0 aliphatic carbocycles. The fourth-order valence-electron chi connectivity index (χ4n) is 6.94. The Balaban J connectivity index is 0.935. The molecule has 1 amide bonds. The van der Waals surface area contributed by atoms with Gasteiger partial charge in [-0.2, -0.15) is 0 Å². The highest BCUT2D eigenvalue weighted by Gasteiger charge is 2.34. The molecule has 0 unspecified atom stereocenters. The third kappa shape index (κ3) is 8.24. The molecule has 4 aromatic carbocycles. The molecule has 2 fully saturated rings. The van der Waals surface area contributed by atoms with Gasteiger partial charge in [0.25, 0.3) is 5.91 Å². The number of rotatable bonds is 10. The molecule has 4 heterocycles. The molecule has 11 nitrogen and oxygen atoms in total. The summed E-state index contributed by atoms with van der Waals surface area (Å²) in [5.41, 5.74) is 7.67. The molecule has 8 rings (SSSR count). The van der Waals surface area contributed by atoms with Crippen molar-refractivity contribution in [3.63, 3.8) is 0 Å². The number of aromatic nitrogens is 4. The average Bonchev–Trinajstić information content (AvgIpc) is 3.23. The fourth-order valence-corrected chi connectivity index (χ4v) is 6.94. The maximum absolute atomic E-state index is 12.9. The van der Waals surface area contributed by atoms with Crippen LogP contribution in [0.3, 0.4) is 0 Å². The van der Waals surface area contributed by atoms with Crippen molar-refractivity contribution in [2.24, 2.45) is 0 Å². The Labute approximate surface area is 308 Å². The summed E-state index contributed by atoms with van der Waals surface area (Å²) in [6.07, 6.45) is 5.08. The van der Waals surface area contributed by atoms with Crippen molar-refractivity contribution >= 4 is 22.9 Å². The molecular formula is C42H41N7O4. The van der Waals surface area contributed by atoms with Crippen molar-refractivity contribution in [1.29, 1.82) is 0 Å². The van der Waals surface area contributed by atoms with E-state index in [0.29, 0.717) is 12.1 Å². The predicted molar refractivity (Wildman–Crippen MR) is 202 cm³/mol. The van der Waals surface area contributed by atoms with E-state index in [0.717, 1.165) is 84.0 Å². The van der Waals surface area contributed by atoms with Gasteiger partial charge < -0.3 is 24.8 Å². The number of benzene rings is 4.